The van der Waals surface area contributed by atoms with Crippen LogP contribution in [-0.2, 0) is 0 Å². The molecule has 0 aromatic rings. The molecule has 0 aromatic heterocycles. The average Bonchev–Trinajstić information content (AvgIpc) is 2.44. The Hall–Kier alpha value is 0.400. The lowest BCUT2D eigenvalue weighted by molar-refractivity contribution is 0.396. The van der Waals surface area contributed by atoms with E-state index < -0.39 is 0 Å². The summed E-state index contributed by atoms with van der Waals surface area (Å²) < 4.78 is 2.55. The molecule has 1 heterocycles. The lowest BCUT2D eigenvalue weighted by Crippen LogP contribution is -2.22. The van der Waals surface area contributed by atoms with Crippen LogP contribution in [0.25, 0.3) is 0 Å². The average molecular weight is 245 g/mol. The van der Waals surface area contributed by atoms with Crippen LogP contribution in [0.5, 0.6) is 0 Å². The Morgan fingerprint density at radius 3 is 1.93 bits per heavy atom. The van der Waals surface area contributed by atoms with Crippen molar-refractivity contribution >= 4 is 17.3 Å². The molecule has 88 valence electrons. The van der Waals surface area contributed by atoms with Gasteiger partial charge in [-0.1, -0.05) is 50.5 Å². The molecule has 0 aromatic carbocycles. The van der Waals surface area contributed by atoms with E-state index in [9.17, 15) is 0 Å². The van der Waals surface area contributed by atoms with E-state index >= 15 is 0 Å². The Bertz CT molecular complexity index is 268. The summed E-state index contributed by atoms with van der Waals surface area (Å²) in [6.45, 7) is 15.2. The van der Waals surface area contributed by atoms with E-state index in [4.69, 9.17) is 0 Å². The van der Waals surface area contributed by atoms with Crippen LogP contribution in [-0.4, -0.2) is 11.2 Å². The van der Waals surface area contributed by atoms with Crippen molar-refractivity contribution in [1.82, 2.24) is 4.67 Å². The molecule has 0 bridgehead atoms. The molecule has 0 N–H and O–H groups in total. The summed E-state index contributed by atoms with van der Waals surface area (Å²) in [5, 5.41) is 0. The molecule has 2 atom stereocenters. The van der Waals surface area contributed by atoms with Crippen LogP contribution in [0.1, 0.15) is 48.0 Å². The SMILES string of the molecule is CC(C)(C)C1=C(C(C)(C)C)N(PP)CC1. The largest absolute Gasteiger partial charge is 0.352 e. The molecular formula is C12H25NP2. The van der Waals surface area contributed by atoms with Gasteiger partial charge in [0.05, 0.1) is 0 Å². The summed E-state index contributed by atoms with van der Waals surface area (Å²) in [6.07, 6.45) is 1.25. The smallest absolute Gasteiger partial charge is 0.0252 e. The second-order valence-electron chi connectivity index (χ2n) is 6.36. The van der Waals surface area contributed by atoms with Crippen molar-refractivity contribution in [3.05, 3.63) is 11.3 Å². The summed E-state index contributed by atoms with van der Waals surface area (Å²) in [7, 11) is 3.70. The predicted molar refractivity (Wildman–Crippen MR) is 75.3 cm³/mol. The van der Waals surface area contributed by atoms with Crippen LogP contribution in [0.15, 0.2) is 11.3 Å². The van der Waals surface area contributed by atoms with E-state index in [1.165, 1.54) is 13.0 Å². The number of rotatable bonds is 1. The van der Waals surface area contributed by atoms with Gasteiger partial charge in [0.15, 0.2) is 0 Å². The number of hydrogen-bond acceptors (Lipinski definition) is 1. The van der Waals surface area contributed by atoms with Gasteiger partial charge in [-0.3, -0.25) is 0 Å². The molecule has 0 amide bonds. The minimum Gasteiger partial charge on any atom is -0.352 e. The standard InChI is InChI=1S/C12H25NP2/c1-11(2,3)9-7-8-13(15-14)10(9)12(4,5)6/h15H,7-8,14H2,1-6H3. The second kappa shape index (κ2) is 4.34. The molecule has 15 heavy (non-hydrogen) atoms. The van der Waals surface area contributed by atoms with Gasteiger partial charge in [0, 0.05) is 17.7 Å². The van der Waals surface area contributed by atoms with Gasteiger partial charge in [-0.25, -0.2) is 0 Å². The minimum atomic E-state index is 0.280. The van der Waals surface area contributed by atoms with Gasteiger partial charge >= 0.3 is 0 Å². The van der Waals surface area contributed by atoms with Crippen molar-refractivity contribution in [3.63, 3.8) is 0 Å². The van der Waals surface area contributed by atoms with E-state index in [0.29, 0.717) is 5.41 Å². The van der Waals surface area contributed by atoms with Gasteiger partial charge in [-0.15, -0.1) is 0 Å². The maximum absolute atomic E-state index is 2.88. The summed E-state index contributed by atoms with van der Waals surface area (Å²) >= 11 is 0. The number of hydrogen-bond donors (Lipinski definition) is 0. The second-order valence-corrected chi connectivity index (χ2v) is 7.93. The Balaban J connectivity index is 3.17. The van der Waals surface area contributed by atoms with Crippen molar-refractivity contribution in [3.8, 4) is 0 Å². The van der Waals surface area contributed by atoms with Crippen LogP contribution in [0.4, 0.5) is 0 Å². The van der Waals surface area contributed by atoms with Gasteiger partial charge < -0.3 is 4.67 Å². The van der Waals surface area contributed by atoms with Crippen molar-refractivity contribution < 1.29 is 0 Å². The summed E-state index contributed by atoms with van der Waals surface area (Å²) in [5.41, 5.74) is 3.85. The van der Waals surface area contributed by atoms with E-state index in [2.05, 4.69) is 55.1 Å². The Kier molecular flexibility index (Phi) is 3.90. The first-order valence-corrected chi connectivity index (χ1v) is 8.41. The molecule has 0 radical (unpaired) electrons. The molecule has 2 unspecified atom stereocenters. The van der Waals surface area contributed by atoms with Gasteiger partial charge in [-0.05, 0) is 25.8 Å². The fraction of sp³-hybridized carbons (Fsp3) is 0.833. The highest BCUT2D eigenvalue weighted by Gasteiger charge is 2.35. The van der Waals surface area contributed by atoms with Crippen LogP contribution in [0.3, 0.4) is 0 Å². The van der Waals surface area contributed by atoms with E-state index in [1.807, 2.05) is 0 Å². The first-order valence-electron chi connectivity index (χ1n) is 5.66. The van der Waals surface area contributed by atoms with Gasteiger partial charge in [0.25, 0.3) is 0 Å². The first-order chi connectivity index (χ1) is 6.68. The first kappa shape index (κ1) is 13.5. The molecule has 1 aliphatic heterocycles. The molecule has 0 fully saturated rings. The topological polar surface area (TPSA) is 3.24 Å². The van der Waals surface area contributed by atoms with E-state index in [1.54, 1.807) is 11.3 Å². The van der Waals surface area contributed by atoms with Crippen LogP contribution >= 0.6 is 17.3 Å². The Morgan fingerprint density at radius 1 is 1.07 bits per heavy atom. The van der Waals surface area contributed by atoms with Gasteiger partial charge in [0.2, 0.25) is 0 Å². The molecular weight excluding hydrogens is 220 g/mol. The highest BCUT2D eigenvalue weighted by atomic mass is 32.0. The maximum atomic E-state index is 2.88. The molecule has 0 aliphatic carbocycles. The zero-order chi connectivity index (χ0) is 11.9. The fourth-order valence-electron chi connectivity index (χ4n) is 2.33. The lowest BCUT2D eigenvalue weighted by Gasteiger charge is -2.33. The van der Waals surface area contributed by atoms with Crippen LogP contribution < -0.4 is 0 Å². The monoisotopic (exact) mass is 245 g/mol. The van der Waals surface area contributed by atoms with Crippen molar-refractivity contribution in [2.45, 2.75) is 48.0 Å². The zero-order valence-electron chi connectivity index (χ0n) is 10.9. The highest BCUT2D eigenvalue weighted by Crippen LogP contribution is 2.49. The lowest BCUT2D eigenvalue weighted by atomic mass is 9.79. The minimum absolute atomic E-state index is 0.280. The third kappa shape index (κ3) is 2.95. The summed E-state index contributed by atoms with van der Waals surface area (Å²) in [5.74, 6) is 0. The van der Waals surface area contributed by atoms with Crippen LogP contribution in [0, 0.1) is 10.8 Å². The third-order valence-corrected chi connectivity index (χ3v) is 4.61. The fourth-order valence-corrected chi connectivity index (χ4v) is 3.95. The molecule has 0 saturated heterocycles. The molecule has 1 rings (SSSR count). The van der Waals surface area contributed by atoms with Crippen molar-refractivity contribution in [2.24, 2.45) is 10.8 Å². The highest BCUT2D eigenvalue weighted by molar-refractivity contribution is 8.01. The van der Waals surface area contributed by atoms with Gasteiger partial charge in [0.1, 0.15) is 0 Å². The van der Waals surface area contributed by atoms with E-state index in [-0.39, 0.29) is 5.41 Å². The Labute approximate surface area is 99.0 Å². The molecule has 1 aliphatic rings. The normalized spacial score (nSPS) is 19.8. The molecule has 0 spiro atoms. The zero-order valence-corrected chi connectivity index (χ0v) is 13.1. The third-order valence-electron chi connectivity index (χ3n) is 2.91. The number of nitrogens with zero attached hydrogens (tertiary/aromatic N) is 1. The quantitative estimate of drug-likeness (QED) is 0.618. The Morgan fingerprint density at radius 2 is 1.60 bits per heavy atom. The molecule has 1 nitrogen and oxygen atoms in total. The van der Waals surface area contributed by atoms with Crippen LogP contribution in [0.2, 0.25) is 0 Å². The maximum Gasteiger partial charge on any atom is 0.0252 e. The molecule has 3 heteroatoms. The summed E-state index contributed by atoms with van der Waals surface area (Å²) in [4.78, 5) is 0. The predicted octanol–water partition coefficient (Wildman–Crippen LogP) is 4.42. The van der Waals surface area contributed by atoms with Gasteiger partial charge in [-0.2, -0.15) is 0 Å². The summed E-state index contributed by atoms with van der Waals surface area (Å²) in [6, 6.07) is 0. The van der Waals surface area contributed by atoms with E-state index in [0.717, 1.165) is 8.42 Å². The number of allylic oxidation sites excluding steroid dienone is 1. The van der Waals surface area contributed by atoms with Crippen molar-refractivity contribution in [1.29, 1.82) is 0 Å². The molecule has 0 saturated carbocycles. The van der Waals surface area contributed by atoms with Crippen molar-refractivity contribution in [2.75, 3.05) is 6.54 Å².